The third-order valence-corrected chi connectivity index (χ3v) is 8.08. The van der Waals surface area contributed by atoms with E-state index in [1.807, 2.05) is 0 Å². The molecule has 1 heterocycles. The normalized spacial score (nSPS) is 33.1. The Labute approximate surface area is 199 Å². The van der Waals surface area contributed by atoms with Gasteiger partial charge in [0.05, 0.1) is 36.1 Å². The van der Waals surface area contributed by atoms with E-state index in [0.29, 0.717) is 24.2 Å². The van der Waals surface area contributed by atoms with E-state index in [0.717, 1.165) is 12.8 Å². The van der Waals surface area contributed by atoms with Crippen molar-refractivity contribution in [1.29, 1.82) is 0 Å². The average molecular weight is 465 g/mol. The molecule has 1 aliphatic heterocycles. The first-order valence-corrected chi connectivity index (χ1v) is 12.6. The van der Waals surface area contributed by atoms with E-state index < -0.39 is 30.7 Å². The number of carbonyl (C=O) groups is 2. The Balaban J connectivity index is 1.71. The monoisotopic (exact) mass is 465 g/mol. The van der Waals surface area contributed by atoms with Crippen LogP contribution in [-0.2, 0) is 23.6 Å². The molecule has 7 atom stereocenters. The summed E-state index contributed by atoms with van der Waals surface area (Å²) in [6.07, 6.45) is 1.68. The molecule has 0 aromatic heterocycles. The lowest BCUT2D eigenvalue weighted by Crippen LogP contribution is -2.65. The lowest BCUT2D eigenvalue weighted by atomic mass is 9.43. The van der Waals surface area contributed by atoms with Crippen LogP contribution in [0.3, 0.4) is 0 Å². The van der Waals surface area contributed by atoms with Crippen LogP contribution in [0.2, 0.25) is 0 Å². The van der Waals surface area contributed by atoms with Crippen molar-refractivity contribution < 1.29 is 28.7 Å². The third kappa shape index (κ3) is 5.43. The number of esters is 1. The molecule has 0 spiro atoms. The lowest BCUT2D eigenvalue weighted by Gasteiger charge is -2.64. The number of nitrogens with one attached hydrogen (secondary N) is 1. The minimum atomic E-state index is -0.990. The largest absolute Gasteiger partial charge is 0.481 e. The van der Waals surface area contributed by atoms with Gasteiger partial charge in [-0.1, -0.05) is 27.7 Å². The second-order valence-corrected chi connectivity index (χ2v) is 12.7. The number of carbonyl (C=O) groups excluding carboxylic acids is 2. The van der Waals surface area contributed by atoms with Crippen LogP contribution in [-0.4, -0.2) is 53.5 Å². The van der Waals surface area contributed by atoms with Gasteiger partial charge in [0.15, 0.2) is 0 Å². The van der Waals surface area contributed by atoms with Crippen molar-refractivity contribution in [3.8, 4) is 0 Å². The van der Waals surface area contributed by atoms with Crippen LogP contribution in [0, 0.1) is 29.1 Å². The molecule has 2 N–H and O–H groups in total. The Hall–Kier alpha value is -1.12. The first-order chi connectivity index (χ1) is 15.0. The van der Waals surface area contributed by atoms with Crippen LogP contribution < -0.4 is 5.32 Å². The van der Waals surface area contributed by atoms with Gasteiger partial charge in [0, 0.05) is 0 Å². The second kappa shape index (κ2) is 9.16. The maximum absolute atomic E-state index is 13.2. The predicted octanol–water partition coefficient (Wildman–Crippen LogP) is 3.51. The van der Waals surface area contributed by atoms with Crippen molar-refractivity contribution in [1.82, 2.24) is 5.32 Å². The van der Waals surface area contributed by atoms with Crippen LogP contribution in [0.1, 0.15) is 88.0 Å². The molecule has 188 valence electrons. The molecule has 3 saturated carbocycles. The highest BCUT2D eigenvalue weighted by Gasteiger charge is 2.68. The maximum Gasteiger partial charge on any atom is 0.481 e. The summed E-state index contributed by atoms with van der Waals surface area (Å²) >= 11 is 0. The van der Waals surface area contributed by atoms with Gasteiger partial charge in [-0.15, -0.1) is 0 Å². The fraction of sp³-hybridized carbons (Fsp3) is 0.920. The van der Waals surface area contributed by atoms with Crippen LogP contribution in [0.4, 0.5) is 0 Å². The van der Waals surface area contributed by atoms with Gasteiger partial charge in [-0.2, -0.15) is 0 Å². The SMILES string of the molecule is CC(C)C[C@H](NC(=O)[C@@H](CC(=O)OC(C)(C)C)[C@@H](C)O)B1O[C@@H]2C[C@H]3C[C@H](C3(C)C)[C@]2(C)O1. The van der Waals surface area contributed by atoms with Crippen LogP contribution in [0.15, 0.2) is 0 Å². The predicted molar refractivity (Wildman–Crippen MR) is 127 cm³/mol. The molecule has 4 fully saturated rings. The van der Waals surface area contributed by atoms with E-state index in [1.54, 1.807) is 20.8 Å². The number of aliphatic hydroxyl groups is 1. The highest BCUT2D eigenvalue weighted by atomic mass is 16.7. The van der Waals surface area contributed by atoms with Gasteiger partial charge in [-0.25, -0.2) is 0 Å². The molecular weight excluding hydrogens is 421 g/mol. The molecule has 7 nitrogen and oxygen atoms in total. The summed E-state index contributed by atoms with van der Waals surface area (Å²) in [6.45, 7) is 17.9. The number of hydrogen-bond donors (Lipinski definition) is 2. The van der Waals surface area contributed by atoms with Gasteiger partial charge in [-0.3, -0.25) is 9.59 Å². The zero-order valence-corrected chi connectivity index (χ0v) is 21.9. The van der Waals surface area contributed by atoms with E-state index in [1.165, 1.54) is 6.92 Å². The Morgan fingerprint density at radius 2 is 1.82 bits per heavy atom. The summed E-state index contributed by atoms with van der Waals surface area (Å²) in [5.41, 5.74) is -0.767. The smallest absolute Gasteiger partial charge is 0.460 e. The molecule has 0 radical (unpaired) electrons. The van der Waals surface area contributed by atoms with Crippen LogP contribution in [0.5, 0.6) is 0 Å². The molecule has 33 heavy (non-hydrogen) atoms. The molecule has 4 aliphatic rings. The van der Waals surface area contributed by atoms with Crippen molar-refractivity contribution in [2.24, 2.45) is 29.1 Å². The molecule has 0 aromatic rings. The molecule has 0 unspecified atom stereocenters. The lowest BCUT2D eigenvalue weighted by molar-refractivity contribution is -0.199. The fourth-order valence-electron chi connectivity index (χ4n) is 6.15. The maximum atomic E-state index is 13.2. The molecular formula is C25H44BNO6. The van der Waals surface area contributed by atoms with E-state index in [2.05, 4.69) is 39.9 Å². The number of aliphatic hydroxyl groups excluding tert-OH is 1. The van der Waals surface area contributed by atoms with E-state index in [9.17, 15) is 14.7 Å². The first kappa shape index (κ1) is 26.5. The molecule has 1 saturated heterocycles. The molecule has 0 aromatic carbocycles. The number of rotatable bonds is 8. The zero-order valence-electron chi connectivity index (χ0n) is 21.9. The van der Waals surface area contributed by atoms with Crippen molar-refractivity contribution in [2.45, 2.75) is 117 Å². The van der Waals surface area contributed by atoms with Gasteiger partial charge in [0.1, 0.15) is 5.60 Å². The Bertz CT molecular complexity index is 748. The number of amides is 1. The highest BCUT2D eigenvalue weighted by Crippen LogP contribution is 2.65. The average Bonchev–Trinajstić information content (AvgIpc) is 3.00. The van der Waals surface area contributed by atoms with Gasteiger partial charge < -0.3 is 24.5 Å². The summed E-state index contributed by atoms with van der Waals surface area (Å²) in [5.74, 6) is -0.753. The van der Waals surface area contributed by atoms with E-state index in [4.69, 9.17) is 14.0 Å². The summed E-state index contributed by atoms with van der Waals surface area (Å²) in [5, 5.41) is 13.3. The summed E-state index contributed by atoms with van der Waals surface area (Å²) in [4.78, 5) is 25.6. The standard InChI is InChI=1S/C25H44BNO6/c1-14(2)10-20(27-22(30)17(15(3)28)13-21(29)31-23(4,5)6)26-32-19-12-16-11-18(24(16,7)8)25(19,9)33-26/h14-20,28H,10-13H2,1-9H3,(H,27,30)/t15-,16-,17+,18-,19-,20+,25+/m1/s1. The van der Waals surface area contributed by atoms with Crippen molar-refractivity contribution >= 4 is 19.0 Å². The van der Waals surface area contributed by atoms with Gasteiger partial charge in [0.25, 0.3) is 0 Å². The van der Waals surface area contributed by atoms with Gasteiger partial charge in [-0.05, 0) is 77.0 Å². The summed E-state index contributed by atoms with van der Waals surface area (Å²) in [6, 6.07) is 0. The van der Waals surface area contributed by atoms with Crippen LogP contribution >= 0.6 is 0 Å². The summed E-state index contributed by atoms with van der Waals surface area (Å²) in [7, 11) is -0.544. The second-order valence-electron chi connectivity index (χ2n) is 12.7. The molecule has 8 heteroatoms. The van der Waals surface area contributed by atoms with E-state index >= 15 is 0 Å². The summed E-state index contributed by atoms with van der Waals surface area (Å²) < 4.78 is 18.4. The molecule has 3 aliphatic carbocycles. The third-order valence-electron chi connectivity index (χ3n) is 8.08. The number of hydrogen-bond acceptors (Lipinski definition) is 6. The molecule has 4 rings (SSSR count). The Morgan fingerprint density at radius 3 is 2.33 bits per heavy atom. The highest BCUT2D eigenvalue weighted by molar-refractivity contribution is 6.47. The fourth-order valence-corrected chi connectivity index (χ4v) is 6.15. The minimum absolute atomic E-state index is 0.0279. The number of ether oxygens (including phenoxy) is 1. The van der Waals surface area contributed by atoms with Gasteiger partial charge >= 0.3 is 13.1 Å². The van der Waals surface area contributed by atoms with Crippen LogP contribution in [0.25, 0.3) is 0 Å². The minimum Gasteiger partial charge on any atom is -0.460 e. The van der Waals surface area contributed by atoms with Crippen molar-refractivity contribution in [3.63, 3.8) is 0 Å². The van der Waals surface area contributed by atoms with Crippen molar-refractivity contribution in [2.75, 3.05) is 0 Å². The molecule has 1 amide bonds. The van der Waals surface area contributed by atoms with Gasteiger partial charge in [0.2, 0.25) is 5.91 Å². The Morgan fingerprint density at radius 1 is 1.18 bits per heavy atom. The van der Waals surface area contributed by atoms with E-state index in [-0.39, 0.29) is 35.4 Å². The topological polar surface area (TPSA) is 94.1 Å². The Kier molecular flexibility index (Phi) is 7.35. The van der Waals surface area contributed by atoms with Crippen molar-refractivity contribution in [3.05, 3.63) is 0 Å². The quantitative estimate of drug-likeness (QED) is 0.421. The first-order valence-electron chi connectivity index (χ1n) is 12.6. The zero-order chi connectivity index (χ0) is 24.9. The molecule has 2 bridgehead atoms.